The molecule has 1 aliphatic rings. The van der Waals surface area contributed by atoms with Gasteiger partial charge in [0.25, 0.3) is 5.91 Å². The third kappa shape index (κ3) is 6.29. The number of nitrogens with one attached hydrogen (secondary N) is 1. The molecule has 1 N–H and O–H groups in total. The Kier molecular flexibility index (Phi) is 7.57. The van der Waals surface area contributed by atoms with Gasteiger partial charge in [-0.3, -0.25) is 9.59 Å². The maximum atomic E-state index is 11.8. The van der Waals surface area contributed by atoms with Crippen LogP contribution < -0.4 is 14.8 Å². The number of benzene rings is 1. The smallest absolute Gasteiger partial charge is 0.306 e. The fourth-order valence-corrected chi connectivity index (χ4v) is 3.08. The quantitative estimate of drug-likeness (QED) is 0.694. The number of carbonyl (C=O) groups excluding carboxylic acids is 2. The Morgan fingerprint density at radius 1 is 1.12 bits per heavy atom. The first kappa shape index (κ1) is 19.1. The van der Waals surface area contributed by atoms with Crippen LogP contribution >= 0.6 is 0 Å². The van der Waals surface area contributed by atoms with Crippen LogP contribution in [0, 0.1) is 5.92 Å². The number of hydrogen-bond acceptors (Lipinski definition) is 5. The summed E-state index contributed by atoms with van der Waals surface area (Å²) < 4.78 is 15.4. The van der Waals surface area contributed by atoms with Crippen LogP contribution in [0.2, 0.25) is 0 Å². The van der Waals surface area contributed by atoms with Crippen LogP contribution in [0.1, 0.15) is 44.1 Å². The molecule has 1 aromatic rings. The van der Waals surface area contributed by atoms with Gasteiger partial charge in [0.1, 0.15) is 0 Å². The Labute approximate surface area is 148 Å². The third-order valence-electron chi connectivity index (χ3n) is 4.53. The Morgan fingerprint density at radius 3 is 2.52 bits per heavy atom. The highest BCUT2D eigenvalue weighted by Crippen LogP contribution is 2.28. The van der Waals surface area contributed by atoms with Crippen LogP contribution in [0.15, 0.2) is 18.2 Å². The van der Waals surface area contributed by atoms with Gasteiger partial charge in [0.15, 0.2) is 18.1 Å². The van der Waals surface area contributed by atoms with Gasteiger partial charge in [0.2, 0.25) is 0 Å². The van der Waals surface area contributed by atoms with E-state index in [4.69, 9.17) is 14.2 Å². The summed E-state index contributed by atoms with van der Waals surface area (Å²) in [6.45, 7) is 0.0929. The second-order valence-corrected chi connectivity index (χ2v) is 6.32. The van der Waals surface area contributed by atoms with Gasteiger partial charge >= 0.3 is 5.97 Å². The molecule has 0 aromatic heterocycles. The van der Waals surface area contributed by atoms with Crippen LogP contribution in [0.25, 0.3) is 0 Å². The maximum Gasteiger partial charge on any atom is 0.306 e. The van der Waals surface area contributed by atoms with Crippen LogP contribution in [-0.4, -0.2) is 32.7 Å². The van der Waals surface area contributed by atoms with Crippen LogP contribution in [0.3, 0.4) is 0 Å². The molecule has 1 amide bonds. The Morgan fingerprint density at radius 2 is 1.84 bits per heavy atom. The van der Waals surface area contributed by atoms with E-state index in [2.05, 4.69) is 5.32 Å². The first-order valence-electron chi connectivity index (χ1n) is 8.75. The van der Waals surface area contributed by atoms with Gasteiger partial charge in [0.05, 0.1) is 14.2 Å². The van der Waals surface area contributed by atoms with Gasteiger partial charge < -0.3 is 19.5 Å². The summed E-state index contributed by atoms with van der Waals surface area (Å²) in [6.07, 6.45) is 6.20. The van der Waals surface area contributed by atoms with Crippen molar-refractivity contribution in [1.29, 1.82) is 0 Å². The predicted molar refractivity (Wildman–Crippen MR) is 93.5 cm³/mol. The minimum atomic E-state index is -0.316. The van der Waals surface area contributed by atoms with Gasteiger partial charge in [-0.05, 0) is 30.0 Å². The van der Waals surface area contributed by atoms with E-state index in [1.165, 1.54) is 25.7 Å². The van der Waals surface area contributed by atoms with E-state index in [1.807, 2.05) is 6.07 Å². The number of rotatable bonds is 9. The lowest BCUT2D eigenvalue weighted by Gasteiger charge is -2.11. The summed E-state index contributed by atoms with van der Waals surface area (Å²) in [5.41, 5.74) is 0.874. The maximum absolute atomic E-state index is 11.8. The molecule has 0 heterocycles. The second kappa shape index (κ2) is 9.91. The van der Waals surface area contributed by atoms with E-state index >= 15 is 0 Å². The molecule has 6 heteroatoms. The number of methoxy groups -OCH3 is 2. The van der Waals surface area contributed by atoms with E-state index < -0.39 is 0 Å². The first-order valence-corrected chi connectivity index (χ1v) is 8.75. The fraction of sp³-hybridized carbons (Fsp3) is 0.579. The second-order valence-electron chi connectivity index (χ2n) is 6.32. The molecular formula is C19H27NO5. The van der Waals surface area contributed by atoms with E-state index in [0.29, 0.717) is 30.4 Å². The van der Waals surface area contributed by atoms with Crippen molar-refractivity contribution < 1.29 is 23.8 Å². The number of amides is 1. The minimum Gasteiger partial charge on any atom is -0.493 e. The van der Waals surface area contributed by atoms with Gasteiger partial charge in [-0.1, -0.05) is 31.7 Å². The standard InChI is InChI=1S/C19H27NO5/c1-23-16-9-7-15(11-17(16)24-2)12-20-18(21)13-25-19(22)10-8-14-5-3-4-6-14/h7,9,11,14H,3-6,8,10,12-13H2,1-2H3,(H,20,21). The summed E-state index contributed by atoms with van der Waals surface area (Å²) in [6, 6.07) is 5.42. The van der Waals surface area contributed by atoms with E-state index in [1.54, 1.807) is 26.4 Å². The van der Waals surface area contributed by atoms with Crippen molar-refractivity contribution in [3.05, 3.63) is 23.8 Å². The van der Waals surface area contributed by atoms with E-state index in [0.717, 1.165) is 12.0 Å². The van der Waals surface area contributed by atoms with Crippen molar-refractivity contribution in [3.63, 3.8) is 0 Å². The molecule has 0 unspecified atom stereocenters. The van der Waals surface area contributed by atoms with Crippen molar-refractivity contribution in [1.82, 2.24) is 5.32 Å². The van der Waals surface area contributed by atoms with Crippen molar-refractivity contribution >= 4 is 11.9 Å². The van der Waals surface area contributed by atoms with Crippen LogP contribution in [0.5, 0.6) is 11.5 Å². The molecule has 1 fully saturated rings. The highest BCUT2D eigenvalue weighted by atomic mass is 16.5. The van der Waals surface area contributed by atoms with Crippen LogP contribution in [-0.2, 0) is 20.9 Å². The zero-order valence-corrected chi connectivity index (χ0v) is 15.0. The molecule has 1 saturated carbocycles. The number of hydrogen-bond donors (Lipinski definition) is 1. The topological polar surface area (TPSA) is 73.9 Å². The Bertz CT molecular complexity index is 581. The first-order chi connectivity index (χ1) is 12.1. The average Bonchev–Trinajstić information content (AvgIpc) is 3.16. The summed E-state index contributed by atoms with van der Waals surface area (Å²) in [7, 11) is 3.13. The SMILES string of the molecule is COc1ccc(CNC(=O)COC(=O)CCC2CCCC2)cc1OC. The van der Waals surface area contributed by atoms with Crippen molar-refractivity contribution in [3.8, 4) is 11.5 Å². The zero-order valence-electron chi connectivity index (χ0n) is 15.0. The molecule has 6 nitrogen and oxygen atoms in total. The molecule has 0 radical (unpaired) electrons. The lowest BCUT2D eigenvalue weighted by Crippen LogP contribution is -2.28. The Balaban J connectivity index is 1.67. The van der Waals surface area contributed by atoms with E-state index in [9.17, 15) is 9.59 Å². The summed E-state index contributed by atoms with van der Waals surface area (Å²) in [5, 5.41) is 2.73. The molecular weight excluding hydrogens is 322 g/mol. The lowest BCUT2D eigenvalue weighted by atomic mass is 10.0. The van der Waals surface area contributed by atoms with Gasteiger partial charge in [0, 0.05) is 13.0 Å². The molecule has 25 heavy (non-hydrogen) atoms. The Hall–Kier alpha value is -2.24. The van der Waals surface area contributed by atoms with Crippen molar-refractivity contribution in [2.75, 3.05) is 20.8 Å². The monoisotopic (exact) mass is 349 g/mol. The molecule has 2 rings (SSSR count). The van der Waals surface area contributed by atoms with Gasteiger partial charge in [-0.2, -0.15) is 0 Å². The number of carbonyl (C=O) groups is 2. The van der Waals surface area contributed by atoms with Gasteiger partial charge in [-0.25, -0.2) is 0 Å². The molecule has 0 spiro atoms. The molecule has 0 aliphatic heterocycles. The third-order valence-corrected chi connectivity index (χ3v) is 4.53. The number of ether oxygens (including phenoxy) is 3. The highest BCUT2D eigenvalue weighted by Gasteiger charge is 2.17. The largest absolute Gasteiger partial charge is 0.493 e. The van der Waals surface area contributed by atoms with Crippen molar-refractivity contribution in [2.45, 2.75) is 45.1 Å². The van der Waals surface area contributed by atoms with E-state index in [-0.39, 0.29) is 18.5 Å². The molecule has 1 aliphatic carbocycles. The fourth-order valence-electron chi connectivity index (χ4n) is 3.08. The zero-order chi connectivity index (χ0) is 18.1. The molecule has 0 bridgehead atoms. The average molecular weight is 349 g/mol. The van der Waals surface area contributed by atoms with Crippen molar-refractivity contribution in [2.24, 2.45) is 5.92 Å². The summed E-state index contributed by atoms with van der Waals surface area (Å²) >= 11 is 0. The lowest BCUT2D eigenvalue weighted by molar-refractivity contribution is -0.148. The highest BCUT2D eigenvalue weighted by molar-refractivity contribution is 5.80. The molecule has 0 atom stereocenters. The normalized spacial score (nSPS) is 14.2. The predicted octanol–water partition coefficient (Wildman–Crippen LogP) is 2.83. The molecule has 0 saturated heterocycles. The summed E-state index contributed by atoms with van der Waals surface area (Å²) in [5.74, 6) is 1.27. The number of esters is 1. The molecule has 1 aromatic carbocycles. The van der Waals surface area contributed by atoms with Gasteiger partial charge in [-0.15, -0.1) is 0 Å². The van der Waals surface area contributed by atoms with Crippen LogP contribution in [0.4, 0.5) is 0 Å². The minimum absolute atomic E-state index is 0.239. The molecule has 138 valence electrons. The summed E-state index contributed by atoms with van der Waals surface area (Å²) in [4.78, 5) is 23.5.